The van der Waals surface area contributed by atoms with Crippen molar-refractivity contribution in [3.8, 4) is 17.2 Å². The number of benzene rings is 1. The van der Waals surface area contributed by atoms with Gasteiger partial charge in [-0.25, -0.2) is 4.79 Å². The molecule has 0 saturated heterocycles. The number of halogens is 2. The lowest BCUT2D eigenvalue weighted by Gasteiger charge is -2.15. The van der Waals surface area contributed by atoms with E-state index < -0.39 is 11.2 Å². The highest BCUT2D eigenvalue weighted by atomic mass is 35.5. The Bertz CT molecular complexity index is 1340. The Kier molecular flexibility index (Phi) is 3.87. The van der Waals surface area contributed by atoms with Crippen LogP contribution in [0.3, 0.4) is 0 Å². The Labute approximate surface area is 172 Å². The molecule has 2 aliphatic rings. The van der Waals surface area contributed by atoms with Crippen molar-refractivity contribution in [2.45, 2.75) is 18.8 Å². The van der Waals surface area contributed by atoms with Crippen molar-refractivity contribution in [3.05, 3.63) is 76.9 Å². The molecule has 3 N–H and O–H groups in total. The van der Waals surface area contributed by atoms with Crippen molar-refractivity contribution in [1.29, 1.82) is 0 Å². The minimum Gasteiger partial charge on any atom is -0.452 e. The Morgan fingerprint density at radius 2 is 1.93 bits per heavy atom. The molecular weight excluding hydrogens is 421 g/mol. The molecule has 1 fully saturated rings. The van der Waals surface area contributed by atoms with Gasteiger partial charge in [-0.05, 0) is 36.8 Å². The lowest BCUT2D eigenvalue weighted by molar-refractivity contribution is 0.473. The number of hydrogen-bond acceptors (Lipinski definition) is 6. The highest BCUT2D eigenvalue weighted by Gasteiger charge is 2.48. The van der Waals surface area contributed by atoms with Gasteiger partial charge in [-0.1, -0.05) is 23.2 Å². The van der Waals surface area contributed by atoms with Gasteiger partial charge in [0, 0.05) is 17.3 Å². The zero-order valence-corrected chi connectivity index (χ0v) is 16.2. The van der Waals surface area contributed by atoms with Crippen LogP contribution >= 0.6 is 23.2 Å². The van der Waals surface area contributed by atoms with Crippen molar-refractivity contribution in [3.63, 3.8) is 0 Å². The van der Waals surface area contributed by atoms with Crippen LogP contribution in [0.25, 0.3) is 5.69 Å². The minimum atomic E-state index is -0.851. The number of hydrogen-bond donors (Lipinski definition) is 2. The van der Waals surface area contributed by atoms with Crippen LogP contribution in [0.1, 0.15) is 23.5 Å². The Morgan fingerprint density at radius 1 is 1.21 bits per heavy atom. The second-order valence-corrected chi connectivity index (χ2v) is 7.88. The van der Waals surface area contributed by atoms with Crippen molar-refractivity contribution < 1.29 is 4.74 Å². The molecule has 2 heterocycles. The lowest BCUT2D eigenvalue weighted by Crippen LogP contribution is -2.44. The molecule has 0 aliphatic heterocycles. The molecule has 11 heteroatoms. The number of fused-ring (bicyclic) bond motifs is 3. The predicted molar refractivity (Wildman–Crippen MR) is 106 cm³/mol. The molecule has 0 bridgehead atoms. The van der Waals surface area contributed by atoms with E-state index in [-0.39, 0.29) is 27.0 Å². The molecule has 1 aromatic carbocycles. The van der Waals surface area contributed by atoms with Gasteiger partial charge in [0.2, 0.25) is 0 Å². The number of aromatic nitrogens is 4. The fourth-order valence-electron chi connectivity index (χ4n) is 3.82. The molecule has 29 heavy (non-hydrogen) atoms. The summed E-state index contributed by atoms with van der Waals surface area (Å²) in [4.78, 5) is 38.4. The van der Waals surface area contributed by atoms with E-state index in [0.717, 1.165) is 34.8 Å². The van der Waals surface area contributed by atoms with E-state index in [0.29, 0.717) is 22.3 Å². The molecule has 0 spiro atoms. The van der Waals surface area contributed by atoms with Crippen LogP contribution in [-0.2, 0) is 6.42 Å². The third-order valence-electron chi connectivity index (χ3n) is 5.31. The van der Waals surface area contributed by atoms with Crippen LogP contribution < -0.4 is 27.4 Å². The topological polar surface area (TPSA) is 125 Å². The zero-order valence-electron chi connectivity index (χ0n) is 14.7. The number of nitrogens with two attached hydrogens (primary N) is 1. The maximum atomic E-state index is 12.2. The highest BCUT2D eigenvalue weighted by molar-refractivity contribution is 6.37. The molecule has 148 valence electrons. The van der Waals surface area contributed by atoms with Gasteiger partial charge >= 0.3 is 5.69 Å². The second kappa shape index (κ2) is 6.23. The summed E-state index contributed by atoms with van der Waals surface area (Å²) in [5, 5.41) is 4.02. The number of ether oxygens (including phenoxy) is 1. The first-order valence-electron chi connectivity index (χ1n) is 8.73. The normalized spacial score (nSPS) is 19.0. The molecule has 0 amide bonds. The number of aromatic amines is 1. The first-order valence-corrected chi connectivity index (χ1v) is 9.49. The Morgan fingerprint density at radius 3 is 2.66 bits per heavy atom. The maximum absolute atomic E-state index is 12.2. The van der Waals surface area contributed by atoms with Crippen molar-refractivity contribution in [2.75, 3.05) is 5.84 Å². The van der Waals surface area contributed by atoms with Gasteiger partial charge in [-0.3, -0.25) is 9.59 Å². The van der Waals surface area contributed by atoms with Crippen LogP contribution in [0.2, 0.25) is 10.0 Å². The van der Waals surface area contributed by atoms with Crippen LogP contribution in [0.5, 0.6) is 11.5 Å². The Hall–Kier alpha value is -3.04. The van der Waals surface area contributed by atoms with E-state index in [2.05, 4.69) is 10.1 Å². The van der Waals surface area contributed by atoms with Crippen LogP contribution in [0.15, 0.2) is 38.9 Å². The second-order valence-electron chi connectivity index (χ2n) is 7.07. The number of rotatable bonds is 3. The van der Waals surface area contributed by atoms with Gasteiger partial charge in [0.1, 0.15) is 11.9 Å². The first kappa shape index (κ1) is 18.0. The number of H-pyrrole nitrogens is 1. The van der Waals surface area contributed by atoms with Gasteiger partial charge in [0.25, 0.3) is 11.1 Å². The van der Waals surface area contributed by atoms with Crippen LogP contribution in [-0.4, -0.2) is 19.4 Å². The van der Waals surface area contributed by atoms with E-state index in [4.69, 9.17) is 33.8 Å². The molecule has 9 nitrogen and oxygen atoms in total. The highest BCUT2D eigenvalue weighted by Crippen LogP contribution is 2.57. The molecule has 3 aromatic rings. The monoisotopic (exact) mass is 433 g/mol. The molecule has 5 rings (SSSR count). The van der Waals surface area contributed by atoms with Gasteiger partial charge < -0.3 is 15.6 Å². The minimum absolute atomic E-state index is 0.0905. The van der Waals surface area contributed by atoms with Gasteiger partial charge in [0.15, 0.2) is 5.75 Å². The summed E-state index contributed by atoms with van der Waals surface area (Å²) in [6.45, 7) is 0. The summed E-state index contributed by atoms with van der Waals surface area (Å²) in [5.74, 6) is 6.89. The smallest absolute Gasteiger partial charge is 0.370 e. The molecule has 2 aliphatic carbocycles. The van der Waals surface area contributed by atoms with Gasteiger partial charge in [-0.2, -0.15) is 14.5 Å². The predicted octanol–water partition coefficient (Wildman–Crippen LogP) is 1.56. The maximum Gasteiger partial charge on any atom is 0.370 e. The number of nitrogens with zero attached hydrogens (tertiary/aromatic N) is 3. The quantitative estimate of drug-likeness (QED) is 0.603. The van der Waals surface area contributed by atoms with Gasteiger partial charge in [-0.15, -0.1) is 0 Å². The van der Waals surface area contributed by atoms with E-state index in [1.807, 2.05) is 0 Å². The van der Waals surface area contributed by atoms with E-state index in [9.17, 15) is 14.4 Å². The van der Waals surface area contributed by atoms with Gasteiger partial charge in [0.05, 0.1) is 15.7 Å². The fourth-order valence-corrected chi connectivity index (χ4v) is 4.37. The fraction of sp³-hybridized carbons (Fsp3) is 0.222. The third-order valence-corrected chi connectivity index (χ3v) is 5.87. The number of pyridine rings is 1. The molecule has 2 atom stereocenters. The Balaban J connectivity index is 1.56. The summed E-state index contributed by atoms with van der Waals surface area (Å²) in [6, 6.07) is 2.84. The summed E-state index contributed by atoms with van der Waals surface area (Å²) >= 11 is 12.7. The standard InChI is InChI=1S/C18H13Cl2N5O4/c19-11-3-8(25-18(28)24(21)14(26)6-23-25)4-12(20)16(11)29-13-5-22-17(27)15-9-1-7(9)2-10(13)15/h3-7,9H,1-2,21H2,(H,22,27). The van der Waals surface area contributed by atoms with Crippen LogP contribution in [0, 0.1) is 5.92 Å². The van der Waals surface area contributed by atoms with E-state index in [1.165, 1.54) is 18.3 Å². The van der Waals surface area contributed by atoms with Crippen molar-refractivity contribution >= 4 is 23.2 Å². The average molecular weight is 434 g/mol. The molecule has 2 unspecified atom stereocenters. The average Bonchev–Trinajstić information content (AvgIpc) is 3.34. The van der Waals surface area contributed by atoms with E-state index >= 15 is 0 Å². The SMILES string of the molecule is Nn1c(=O)cnn(-c2cc(Cl)c(Oc3c[nH]c(=O)c4c3CC3CC43)c(Cl)c2)c1=O. The summed E-state index contributed by atoms with van der Waals surface area (Å²) in [5.41, 5.74) is 0.178. The summed E-state index contributed by atoms with van der Waals surface area (Å²) in [7, 11) is 0. The molecular formula is C18H13Cl2N5O4. The van der Waals surface area contributed by atoms with Crippen molar-refractivity contribution in [2.24, 2.45) is 5.92 Å². The summed E-state index contributed by atoms with van der Waals surface area (Å²) < 4.78 is 7.27. The summed E-state index contributed by atoms with van der Waals surface area (Å²) in [6.07, 6.45) is 4.22. The molecule has 1 saturated carbocycles. The zero-order chi connectivity index (χ0) is 20.4. The van der Waals surface area contributed by atoms with E-state index in [1.54, 1.807) is 0 Å². The largest absolute Gasteiger partial charge is 0.452 e. The van der Waals surface area contributed by atoms with Crippen molar-refractivity contribution in [1.82, 2.24) is 19.4 Å². The number of nitrogen functional groups attached to an aromatic ring is 1. The number of nitrogens with one attached hydrogen (secondary N) is 1. The molecule has 2 aromatic heterocycles. The third kappa shape index (κ3) is 2.77. The molecule has 0 radical (unpaired) electrons. The lowest BCUT2D eigenvalue weighted by atomic mass is 10.1. The van der Waals surface area contributed by atoms with Crippen LogP contribution in [0.4, 0.5) is 0 Å². The first-order chi connectivity index (χ1) is 13.8.